The van der Waals surface area contributed by atoms with Crippen LogP contribution in [-0.4, -0.2) is 36.4 Å². The van der Waals surface area contributed by atoms with Crippen LogP contribution in [0.4, 0.5) is 0 Å². The summed E-state index contributed by atoms with van der Waals surface area (Å²) in [6, 6.07) is 2.07. The number of aliphatic hydroxyl groups is 1. The minimum atomic E-state index is -0.601. The molecular formula is C24H34O6. The van der Waals surface area contributed by atoms with Crippen molar-refractivity contribution in [2.75, 3.05) is 13.2 Å². The molecule has 0 saturated heterocycles. The van der Waals surface area contributed by atoms with Gasteiger partial charge >= 0.3 is 11.9 Å². The first-order valence-electron chi connectivity index (χ1n) is 11.2. The van der Waals surface area contributed by atoms with Gasteiger partial charge in [0, 0.05) is 31.6 Å². The molecule has 0 radical (unpaired) electrons. The smallest absolute Gasteiger partial charge is 0.302 e. The van der Waals surface area contributed by atoms with E-state index in [-0.39, 0.29) is 42.6 Å². The van der Waals surface area contributed by atoms with Crippen LogP contribution in [-0.2, 0) is 25.5 Å². The van der Waals surface area contributed by atoms with E-state index < -0.39 is 5.41 Å². The van der Waals surface area contributed by atoms with Crippen LogP contribution in [0.15, 0.2) is 16.7 Å². The monoisotopic (exact) mass is 418 g/mol. The van der Waals surface area contributed by atoms with Gasteiger partial charge in [0.25, 0.3) is 0 Å². The SMILES string of the molecule is CC(=O)OC[C@]1(CO)CCC[C@]2(C)[C@H]3Cc4occc4[C@H](C)[C@@H]3C[C@@H](OC(C)=O)[C@@H]12. The second kappa shape index (κ2) is 7.70. The number of aliphatic hydroxyl groups excluding tert-OH is 1. The van der Waals surface area contributed by atoms with Gasteiger partial charge < -0.3 is 19.0 Å². The topological polar surface area (TPSA) is 86.0 Å². The van der Waals surface area contributed by atoms with E-state index in [9.17, 15) is 14.7 Å². The van der Waals surface area contributed by atoms with Gasteiger partial charge in [-0.3, -0.25) is 9.59 Å². The van der Waals surface area contributed by atoms with Crippen molar-refractivity contribution in [3.8, 4) is 0 Å². The Bertz CT molecular complexity index is 814. The quantitative estimate of drug-likeness (QED) is 0.748. The van der Waals surface area contributed by atoms with Gasteiger partial charge in [0.05, 0.1) is 19.5 Å². The van der Waals surface area contributed by atoms with Crippen molar-refractivity contribution in [1.82, 2.24) is 0 Å². The lowest BCUT2D eigenvalue weighted by Crippen LogP contribution is -2.63. The van der Waals surface area contributed by atoms with Gasteiger partial charge in [0.2, 0.25) is 0 Å². The van der Waals surface area contributed by atoms with Crippen molar-refractivity contribution in [3.63, 3.8) is 0 Å². The van der Waals surface area contributed by atoms with E-state index in [1.54, 1.807) is 6.26 Å². The summed E-state index contributed by atoms with van der Waals surface area (Å²) in [5.74, 6) is 1.42. The van der Waals surface area contributed by atoms with Crippen molar-refractivity contribution in [3.05, 3.63) is 23.7 Å². The van der Waals surface area contributed by atoms with E-state index in [1.807, 2.05) is 0 Å². The normalized spacial score (nSPS) is 40.0. The lowest BCUT2D eigenvalue weighted by atomic mass is 9.42. The first kappa shape index (κ1) is 21.4. The zero-order valence-corrected chi connectivity index (χ0v) is 18.5. The standard InChI is InChI=1S/C24H34O6/c1-14-17-6-9-28-20(17)11-19-18(14)10-21(30-16(3)27)22-23(19,4)7-5-8-24(22,12-25)13-29-15(2)26/h6,9,14,18-19,21-22,25H,5,7-8,10-13H2,1-4H3/t14-,18-,19-,21+,22+,23+,24+/m0/s1. The Morgan fingerprint density at radius 3 is 2.70 bits per heavy atom. The molecule has 1 N–H and O–H groups in total. The average molecular weight is 419 g/mol. The highest BCUT2D eigenvalue weighted by Crippen LogP contribution is 2.65. The van der Waals surface area contributed by atoms with Crippen LogP contribution in [0.5, 0.6) is 0 Å². The van der Waals surface area contributed by atoms with E-state index in [0.717, 1.165) is 37.9 Å². The third kappa shape index (κ3) is 3.28. The van der Waals surface area contributed by atoms with Gasteiger partial charge in [-0.15, -0.1) is 0 Å². The predicted octanol–water partition coefficient (Wildman–Crippen LogP) is 3.86. The first-order chi connectivity index (χ1) is 14.2. The van der Waals surface area contributed by atoms with Crippen molar-refractivity contribution in [2.24, 2.45) is 28.6 Å². The fraction of sp³-hybridized carbons (Fsp3) is 0.750. The molecule has 0 aromatic carbocycles. The summed E-state index contributed by atoms with van der Waals surface area (Å²) in [7, 11) is 0. The number of esters is 2. The molecule has 3 aliphatic rings. The largest absolute Gasteiger partial charge is 0.469 e. The van der Waals surface area contributed by atoms with Gasteiger partial charge in [-0.05, 0) is 54.1 Å². The second-order valence-electron chi connectivity index (χ2n) is 10.1. The fourth-order valence-electron chi connectivity index (χ4n) is 7.37. The van der Waals surface area contributed by atoms with Crippen LogP contribution in [0, 0.1) is 28.6 Å². The Kier molecular flexibility index (Phi) is 5.50. The number of carbonyl (C=O) groups is 2. The zero-order valence-electron chi connectivity index (χ0n) is 18.5. The van der Waals surface area contributed by atoms with Crippen LogP contribution in [0.2, 0.25) is 0 Å². The van der Waals surface area contributed by atoms with E-state index in [1.165, 1.54) is 19.4 Å². The molecule has 166 valence electrons. The first-order valence-corrected chi connectivity index (χ1v) is 11.2. The maximum Gasteiger partial charge on any atom is 0.302 e. The number of ether oxygens (including phenoxy) is 2. The van der Waals surface area contributed by atoms with Gasteiger partial charge in [0.1, 0.15) is 11.9 Å². The molecular weight excluding hydrogens is 384 g/mol. The number of furan rings is 1. The lowest BCUT2D eigenvalue weighted by Gasteiger charge is -2.63. The molecule has 6 nitrogen and oxygen atoms in total. The lowest BCUT2D eigenvalue weighted by molar-refractivity contribution is -0.215. The molecule has 0 amide bonds. The van der Waals surface area contributed by atoms with Crippen LogP contribution >= 0.6 is 0 Å². The Balaban J connectivity index is 1.78. The summed E-state index contributed by atoms with van der Waals surface area (Å²) >= 11 is 0. The molecule has 0 spiro atoms. The van der Waals surface area contributed by atoms with Crippen LogP contribution in [0.1, 0.15) is 70.6 Å². The molecule has 0 aliphatic heterocycles. The molecule has 1 aromatic rings. The Morgan fingerprint density at radius 1 is 1.27 bits per heavy atom. The van der Waals surface area contributed by atoms with Crippen molar-refractivity contribution in [2.45, 2.75) is 71.8 Å². The van der Waals surface area contributed by atoms with Gasteiger partial charge in [0.15, 0.2) is 0 Å². The second-order valence-corrected chi connectivity index (χ2v) is 10.1. The number of hydrogen-bond acceptors (Lipinski definition) is 6. The zero-order chi connectivity index (χ0) is 21.7. The summed E-state index contributed by atoms with van der Waals surface area (Å²) in [5, 5.41) is 10.6. The van der Waals surface area contributed by atoms with Crippen LogP contribution in [0.3, 0.4) is 0 Å². The summed E-state index contributed by atoms with van der Waals surface area (Å²) in [6.45, 7) is 7.48. The Labute approximate surface area is 178 Å². The average Bonchev–Trinajstić information content (AvgIpc) is 3.16. The molecule has 3 aliphatic carbocycles. The third-order valence-electron chi connectivity index (χ3n) is 8.51. The summed E-state index contributed by atoms with van der Waals surface area (Å²) < 4.78 is 17.3. The molecule has 6 heteroatoms. The van der Waals surface area contributed by atoms with E-state index in [0.29, 0.717) is 17.8 Å². The molecule has 2 saturated carbocycles. The number of rotatable bonds is 4. The fourth-order valence-corrected chi connectivity index (χ4v) is 7.37. The molecule has 0 unspecified atom stereocenters. The highest BCUT2D eigenvalue weighted by Gasteiger charge is 2.64. The maximum atomic E-state index is 12.1. The Hall–Kier alpha value is -1.82. The molecule has 30 heavy (non-hydrogen) atoms. The van der Waals surface area contributed by atoms with Crippen LogP contribution < -0.4 is 0 Å². The van der Waals surface area contributed by atoms with Crippen molar-refractivity contribution in [1.29, 1.82) is 0 Å². The highest BCUT2D eigenvalue weighted by molar-refractivity contribution is 5.66. The maximum absolute atomic E-state index is 12.1. The minimum Gasteiger partial charge on any atom is -0.469 e. The highest BCUT2D eigenvalue weighted by atomic mass is 16.5. The van der Waals surface area contributed by atoms with E-state index in [2.05, 4.69) is 19.9 Å². The van der Waals surface area contributed by atoms with E-state index in [4.69, 9.17) is 13.9 Å². The number of hydrogen-bond donors (Lipinski definition) is 1. The summed E-state index contributed by atoms with van der Waals surface area (Å²) in [4.78, 5) is 23.7. The van der Waals surface area contributed by atoms with Gasteiger partial charge in [-0.2, -0.15) is 0 Å². The van der Waals surface area contributed by atoms with Gasteiger partial charge in [-0.25, -0.2) is 0 Å². The van der Waals surface area contributed by atoms with Crippen LogP contribution in [0.25, 0.3) is 0 Å². The molecule has 7 atom stereocenters. The molecule has 0 bridgehead atoms. The number of fused-ring (bicyclic) bond motifs is 4. The Morgan fingerprint density at radius 2 is 2.03 bits per heavy atom. The predicted molar refractivity (Wildman–Crippen MR) is 110 cm³/mol. The summed E-state index contributed by atoms with van der Waals surface area (Å²) in [5.41, 5.74) is 0.517. The van der Waals surface area contributed by atoms with E-state index >= 15 is 0 Å². The molecule has 2 fully saturated rings. The molecule has 4 rings (SSSR count). The minimum absolute atomic E-state index is 0.0723. The van der Waals surface area contributed by atoms with Crippen molar-refractivity contribution >= 4 is 11.9 Å². The third-order valence-corrected chi connectivity index (χ3v) is 8.51. The molecule has 1 aromatic heterocycles. The summed E-state index contributed by atoms with van der Waals surface area (Å²) in [6.07, 6.45) is 5.82. The number of carbonyl (C=O) groups excluding carboxylic acids is 2. The molecule has 1 heterocycles. The van der Waals surface area contributed by atoms with Gasteiger partial charge in [-0.1, -0.05) is 20.3 Å². The van der Waals surface area contributed by atoms with Crippen molar-refractivity contribution < 1.29 is 28.6 Å².